The van der Waals surface area contributed by atoms with Gasteiger partial charge >= 0.3 is 0 Å². The van der Waals surface area contributed by atoms with Crippen molar-refractivity contribution in [3.63, 3.8) is 0 Å². The molecule has 24 heavy (non-hydrogen) atoms. The van der Waals surface area contributed by atoms with Crippen LogP contribution in [0.25, 0.3) is 11.2 Å². The monoisotopic (exact) mass is 340 g/mol. The lowest BCUT2D eigenvalue weighted by molar-refractivity contribution is -0.113. The van der Waals surface area contributed by atoms with Gasteiger partial charge in [-0.3, -0.25) is 4.79 Å². The third-order valence-electron chi connectivity index (χ3n) is 3.95. The molecule has 2 aromatic heterocycles. The molecule has 0 bridgehead atoms. The molecule has 5 nitrogen and oxygen atoms in total. The Morgan fingerprint density at radius 1 is 1.29 bits per heavy atom. The Hall–Kier alpha value is -2.34. The van der Waals surface area contributed by atoms with Crippen LogP contribution in [0.3, 0.4) is 0 Å². The van der Waals surface area contributed by atoms with Gasteiger partial charge in [0.25, 0.3) is 0 Å². The molecule has 3 rings (SSSR count). The molecule has 0 aliphatic carbocycles. The lowest BCUT2D eigenvalue weighted by Crippen LogP contribution is -2.14. The summed E-state index contributed by atoms with van der Waals surface area (Å²) >= 11 is 1.37. The number of hydrogen-bond donors (Lipinski definition) is 2. The largest absolute Gasteiger partial charge is 0.332 e. The molecule has 0 aliphatic heterocycles. The van der Waals surface area contributed by atoms with Gasteiger partial charge in [-0.1, -0.05) is 37.7 Å². The van der Waals surface area contributed by atoms with Crippen LogP contribution in [-0.4, -0.2) is 26.6 Å². The lowest BCUT2D eigenvalue weighted by atomic mass is 9.99. The summed E-state index contributed by atoms with van der Waals surface area (Å²) in [7, 11) is 0. The van der Waals surface area contributed by atoms with Crippen LogP contribution >= 0.6 is 11.8 Å². The Morgan fingerprint density at radius 3 is 2.79 bits per heavy atom. The fourth-order valence-electron chi connectivity index (χ4n) is 2.35. The first-order valence-corrected chi connectivity index (χ1v) is 8.97. The molecule has 0 saturated carbocycles. The fraction of sp³-hybridized carbons (Fsp3) is 0.278. The average molecular weight is 340 g/mol. The van der Waals surface area contributed by atoms with E-state index in [4.69, 9.17) is 0 Å². The number of nitrogens with zero attached hydrogens (tertiary/aromatic N) is 2. The van der Waals surface area contributed by atoms with Gasteiger partial charge in [-0.15, -0.1) is 0 Å². The number of carbonyl (C=O) groups excluding carboxylic acids is 1. The predicted molar refractivity (Wildman–Crippen MR) is 98.4 cm³/mol. The zero-order chi connectivity index (χ0) is 16.9. The zero-order valence-electron chi connectivity index (χ0n) is 13.7. The summed E-state index contributed by atoms with van der Waals surface area (Å²) < 4.78 is 0. The standard InChI is InChI=1S/C18H20N4OS/c1-3-12(2)13-6-8-14(9-7-13)20-16(23)11-24-18-21-15-5-4-10-19-17(15)22-18/h4-10,12H,3,11H2,1-2H3,(H,20,23)(H,19,21,22). The number of anilines is 1. The van der Waals surface area contributed by atoms with E-state index in [1.807, 2.05) is 24.3 Å². The molecule has 1 atom stereocenters. The minimum atomic E-state index is -0.0512. The number of imidazole rings is 1. The third-order valence-corrected chi connectivity index (χ3v) is 4.82. The maximum atomic E-state index is 12.1. The van der Waals surface area contributed by atoms with Crippen molar-refractivity contribution in [3.8, 4) is 0 Å². The fourth-order valence-corrected chi connectivity index (χ4v) is 3.03. The van der Waals surface area contributed by atoms with E-state index in [-0.39, 0.29) is 5.91 Å². The number of thioether (sulfide) groups is 1. The molecule has 0 spiro atoms. The van der Waals surface area contributed by atoms with E-state index in [0.717, 1.165) is 17.6 Å². The highest BCUT2D eigenvalue weighted by atomic mass is 32.2. The van der Waals surface area contributed by atoms with Gasteiger partial charge in [0.2, 0.25) is 5.91 Å². The van der Waals surface area contributed by atoms with Gasteiger partial charge in [0.05, 0.1) is 11.3 Å². The molecule has 6 heteroatoms. The van der Waals surface area contributed by atoms with E-state index in [0.29, 0.717) is 22.5 Å². The summed E-state index contributed by atoms with van der Waals surface area (Å²) in [5.74, 6) is 0.782. The Balaban J connectivity index is 1.55. The van der Waals surface area contributed by atoms with Gasteiger partial charge in [-0.05, 0) is 42.2 Å². The quantitative estimate of drug-likeness (QED) is 0.660. The number of pyridine rings is 1. The van der Waals surface area contributed by atoms with Crippen LogP contribution in [-0.2, 0) is 4.79 Å². The highest BCUT2D eigenvalue weighted by Crippen LogP contribution is 2.21. The minimum absolute atomic E-state index is 0.0512. The molecular weight excluding hydrogens is 320 g/mol. The molecule has 2 N–H and O–H groups in total. The van der Waals surface area contributed by atoms with Crippen LogP contribution in [0.15, 0.2) is 47.8 Å². The van der Waals surface area contributed by atoms with Gasteiger partial charge in [0.15, 0.2) is 10.8 Å². The number of amides is 1. The van der Waals surface area contributed by atoms with Gasteiger partial charge in [-0.25, -0.2) is 9.97 Å². The number of H-pyrrole nitrogens is 1. The van der Waals surface area contributed by atoms with Crippen molar-refractivity contribution >= 4 is 34.5 Å². The normalized spacial score (nSPS) is 12.2. The van der Waals surface area contributed by atoms with Crippen molar-refractivity contribution < 1.29 is 4.79 Å². The summed E-state index contributed by atoms with van der Waals surface area (Å²) in [6.45, 7) is 4.37. The van der Waals surface area contributed by atoms with Crippen LogP contribution < -0.4 is 5.32 Å². The van der Waals surface area contributed by atoms with Crippen LogP contribution in [0.1, 0.15) is 31.7 Å². The maximum Gasteiger partial charge on any atom is 0.234 e. The Kier molecular flexibility index (Phi) is 5.15. The number of aromatic nitrogens is 3. The number of benzene rings is 1. The molecule has 0 radical (unpaired) electrons. The number of fused-ring (bicyclic) bond motifs is 1. The molecule has 3 aromatic rings. The first-order chi connectivity index (χ1) is 11.7. The van der Waals surface area contributed by atoms with Gasteiger partial charge in [0, 0.05) is 11.9 Å². The summed E-state index contributed by atoms with van der Waals surface area (Å²) in [4.78, 5) is 23.8. The molecule has 1 unspecified atom stereocenters. The van der Waals surface area contributed by atoms with Crippen molar-refractivity contribution in [2.24, 2.45) is 0 Å². The van der Waals surface area contributed by atoms with Crippen molar-refractivity contribution in [1.29, 1.82) is 0 Å². The molecule has 0 saturated heterocycles. The molecular formula is C18H20N4OS. The minimum Gasteiger partial charge on any atom is -0.332 e. The van der Waals surface area contributed by atoms with Crippen molar-refractivity contribution in [1.82, 2.24) is 15.0 Å². The van der Waals surface area contributed by atoms with Gasteiger partial charge < -0.3 is 10.3 Å². The Morgan fingerprint density at radius 2 is 2.08 bits per heavy atom. The topological polar surface area (TPSA) is 70.7 Å². The summed E-state index contributed by atoms with van der Waals surface area (Å²) in [6.07, 6.45) is 2.81. The summed E-state index contributed by atoms with van der Waals surface area (Å²) in [6, 6.07) is 11.8. The molecule has 1 aromatic carbocycles. The second kappa shape index (κ2) is 7.49. The van der Waals surface area contributed by atoms with Crippen LogP contribution in [0.5, 0.6) is 0 Å². The van der Waals surface area contributed by atoms with Crippen molar-refractivity contribution in [2.45, 2.75) is 31.3 Å². The van der Waals surface area contributed by atoms with E-state index in [9.17, 15) is 4.79 Å². The van der Waals surface area contributed by atoms with Crippen molar-refractivity contribution in [2.75, 3.05) is 11.1 Å². The van der Waals surface area contributed by atoms with Crippen molar-refractivity contribution in [3.05, 3.63) is 48.2 Å². The molecule has 2 heterocycles. The van der Waals surface area contributed by atoms with Crippen LogP contribution in [0.2, 0.25) is 0 Å². The first kappa shape index (κ1) is 16.5. The number of rotatable bonds is 6. The second-order valence-electron chi connectivity index (χ2n) is 5.68. The Bertz CT molecular complexity index is 795. The van der Waals surface area contributed by atoms with E-state index in [1.54, 1.807) is 6.20 Å². The predicted octanol–water partition coefficient (Wildman–Crippen LogP) is 4.20. The first-order valence-electron chi connectivity index (χ1n) is 7.99. The number of aromatic amines is 1. The average Bonchev–Trinajstić information content (AvgIpc) is 3.03. The van der Waals surface area contributed by atoms with E-state index >= 15 is 0 Å². The highest BCUT2D eigenvalue weighted by Gasteiger charge is 2.08. The number of nitrogens with one attached hydrogen (secondary N) is 2. The number of carbonyl (C=O) groups is 1. The van der Waals surface area contributed by atoms with Crippen LogP contribution in [0.4, 0.5) is 5.69 Å². The highest BCUT2D eigenvalue weighted by molar-refractivity contribution is 7.99. The summed E-state index contributed by atoms with van der Waals surface area (Å²) in [5, 5.41) is 3.61. The lowest BCUT2D eigenvalue weighted by Gasteiger charge is -2.10. The van der Waals surface area contributed by atoms with E-state index in [2.05, 4.69) is 46.2 Å². The van der Waals surface area contributed by atoms with Crippen LogP contribution in [0, 0.1) is 0 Å². The van der Waals surface area contributed by atoms with E-state index < -0.39 is 0 Å². The SMILES string of the molecule is CCC(C)c1ccc(NC(=O)CSc2nc3ncccc3[nH]2)cc1. The third kappa shape index (κ3) is 3.94. The van der Waals surface area contributed by atoms with Gasteiger partial charge in [-0.2, -0.15) is 0 Å². The maximum absolute atomic E-state index is 12.1. The second-order valence-corrected chi connectivity index (χ2v) is 6.65. The molecule has 0 fully saturated rings. The zero-order valence-corrected chi connectivity index (χ0v) is 14.6. The van der Waals surface area contributed by atoms with Gasteiger partial charge in [0.1, 0.15) is 0 Å². The smallest absolute Gasteiger partial charge is 0.234 e. The molecule has 0 aliphatic rings. The van der Waals surface area contributed by atoms with E-state index in [1.165, 1.54) is 17.3 Å². The summed E-state index contributed by atoms with van der Waals surface area (Å²) in [5.41, 5.74) is 3.65. The Labute approximate surface area is 145 Å². The molecule has 124 valence electrons. The molecule has 1 amide bonds. The number of hydrogen-bond acceptors (Lipinski definition) is 4.